The number of anilines is 1. The molecule has 0 aromatic heterocycles. The highest BCUT2D eigenvalue weighted by Crippen LogP contribution is 2.29. The number of nitrogens with two attached hydrogens (primary N) is 1. The number of carbonyl (C=O) groups excluding carboxylic acids is 1. The van der Waals surface area contributed by atoms with Crippen molar-refractivity contribution in [3.05, 3.63) is 52.8 Å². The Morgan fingerprint density at radius 3 is 2.67 bits per heavy atom. The van der Waals surface area contributed by atoms with E-state index >= 15 is 0 Å². The number of nitrogen functional groups attached to an aromatic ring is 1. The van der Waals surface area contributed by atoms with Crippen molar-refractivity contribution in [2.24, 2.45) is 0 Å². The number of benzene rings is 2. The first-order valence-corrected chi connectivity index (χ1v) is 10.9. The van der Waals surface area contributed by atoms with Crippen molar-refractivity contribution < 1.29 is 28.9 Å². The average Bonchev–Trinajstić information content (AvgIpc) is 2.80. The van der Waals surface area contributed by atoms with Gasteiger partial charge in [-0.2, -0.15) is 0 Å². The molecule has 8 nitrogen and oxygen atoms in total. The lowest BCUT2D eigenvalue weighted by molar-refractivity contribution is 0.00527. The number of halogens is 2. The predicted octanol–water partition coefficient (Wildman–Crippen LogP) is 2.53. The van der Waals surface area contributed by atoms with Gasteiger partial charge in [0.2, 0.25) is 0 Å². The van der Waals surface area contributed by atoms with E-state index in [1.54, 1.807) is 25.3 Å². The monoisotopic (exact) mass is 483 g/mol. The molecule has 2 atom stereocenters. The van der Waals surface area contributed by atoms with Crippen molar-refractivity contribution >= 4 is 23.2 Å². The Morgan fingerprint density at radius 1 is 1.27 bits per heavy atom. The SMILES string of the molecule is COc1cc(N)c(Cl)cc1C(=O)NC1CCN(CCCOc2ccc(F)cc2)CC1OC.O. The van der Waals surface area contributed by atoms with Crippen LogP contribution in [0.15, 0.2) is 36.4 Å². The van der Waals surface area contributed by atoms with E-state index in [-0.39, 0.29) is 29.3 Å². The van der Waals surface area contributed by atoms with E-state index in [1.165, 1.54) is 25.3 Å². The van der Waals surface area contributed by atoms with Gasteiger partial charge in [0, 0.05) is 32.8 Å². The lowest BCUT2D eigenvalue weighted by Gasteiger charge is -2.38. The maximum atomic E-state index is 12.9. The molecule has 3 rings (SSSR count). The highest BCUT2D eigenvalue weighted by Gasteiger charge is 2.31. The molecule has 1 saturated heterocycles. The van der Waals surface area contributed by atoms with E-state index < -0.39 is 0 Å². The zero-order valence-corrected chi connectivity index (χ0v) is 19.5. The summed E-state index contributed by atoms with van der Waals surface area (Å²) in [6.07, 6.45) is 1.42. The topological polar surface area (TPSA) is 118 Å². The van der Waals surface area contributed by atoms with E-state index in [1.807, 2.05) is 0 Å². The molecule has 5 N–H and O–H groups in total. The first-order chi connectivity index (χ1) is 15.4. The van der Waals surface area contributed by atoms with Crippen LogP contribution in [0.25, 0.3) is 0 Å². The summed E-state index contributed by atoms with van der Waals surface area (Å²) in [6, 6.07) is 8.92. The van der Waals surface area contributed by atoms with Crippen LogP contribution in [0.1, 0.15) is 23.2 Å². The zero-order valence-electron chi connectivity index (χ0n) is 18.8. The number of likely N-dealkylation sites (tertiary alicyclic amines) is 1. The molecule has 33 heavy (non-hydrogen) atoms. The molecule has 2 aromatic carbocycles. The van der Waals surface area contributed by atoms with Crippen LogP contribution in [0.5, 0.6) is 11.5 Å². The molecular formula is C23H31ClFN3O5. The first-order valence-electron chi connectivity index (χ1n) is 10.5. The minimum absolute atomic E-state index is 0. The molecular weight excluding hydrogens is 453 g/mol. The van der Waals surface area contributed by atoms with Crippen LogP contribution < -0.4 is 20.5 Å². The van der Waals surface area contributed by atoms with Gasteiger partial charge in [-0.1, -0.05) is 11.6 Å². The second-order valence-electron chi connectivity index (χ2n) is 7.67. The van der Waals surface area contributed by atoms with E-state index in [0.29, 0.717) is 40.9 Å². The summed E-state index contributed by atoms with van der Waals surface area (Å²) in [6.45, 7) is 2.89. The number of hydrogen-bond acceptors (Lipinski definition) is 6. The lowest BCUT2D eigenvalue weighted by Crippen LogP contribution is -2.55. The number of hydrogen-bond donors (Lipinski definition) is 2. The van der Waals surface area contributed by atoms with Gasteiger partial charge in [0.25, 0.3) is 5.91 Å². The quantitative estimate of drug-likeness (QED) is 0.418. The van der Waals surface area contributed by atoms with Gasteiger partial charge in [0.15, 0.2) is 0 Å². The fourth-order valence-corrected chi connectivity index (χ4v) is 3.92. The van der Waals surface area contributed by atoms with Crippen LogP contribution in [0, 0.1) is 5.82 Å². The molecule has 1 fully saturated rings. The summed E-state index contributed by atoms with van der Waals surface area (Å²) < 4.78 is 29.5. The van der Waals surface area contributed by atoms with E-state index in [2.05, 4.69) is 10.2 Å². The molecule has 1 aliphatic rings. The summed E-state index contributed by atoms with van der Waals surface area (Å²) in [5.74, 6) is 0.463. The maximum absolute atomic E-state index is 12.9. The van der Waals surface area contributed by atoms with Crippen LogP contribution in [0.3, 0.4) is 0 Å². The van der Waals surface area contributed by atoms with Crippen LogP contribution in [-0.4, -0.2) is 68.9 Å². The standard InChI is InChI=1S/C23H29ClFN3O4.H2O/c1-30-21-13-19(26)18(24)12-17(21)23(29)27-20-8-10-28(14-22(20)31-2)9-3-11-32-16-6-4-15(25)5-7-16;/h4-7,12-13,20,22H,3,8-11,14,26H2,1-2H3,(H,27,29);1H2. The second kappa shape index (κ2) is 12.6. The molecule has 10 heteroatoms. The summed E-state index contributed by atoms with van der Waals surface area (Å²) in [7, 11) is 3.13. The zero-order chi connectivity index (χ0) is 23.1. The Kier molecular flexibility index (Phi) is 10.2. The normalized spacial score (nSPS) is 18.3. The van der Waals surface area contributed by atoms with Gasteiger partial charge in [-0.05, 0) is 43.2 Å². The number of ether oxygens (including phenoxy) is 3. The molecule has 0 radical (unpaired) electrons. The summed E-state index contributed by atoms with van der Waals surface area (Å²) in [5, 5.41) is 3.35. The van der Waals surface area contributed by atoms with Crippen molar-refractivity contribution in [1.29, 1.82) is 0 Å². The van der Waals surface area contributed by atoms with Crippen molar-refractivity contribution in [1.82, 2.24) is 10.2 Å². The third-order valence-corrected chi connectivity index (χ3v) is 5.85. The largest absolute Gasteiger partial charge is 0.496 e. The van der Waals surface area contributed by atoms with Gasteiger partial charge < -0.3 is 35.6 Å². The van der Waals surface area contributed by atoms with Crippen LogP contribution in [0.2, 0.25) is 5.02 Å². The van der Waals surface area contributed by atoms with E-state index in [9.17, 15) is 9.18 Å². The predicted molar refractivity (Wildman–Crippen MR) is 126 cm³/mol. The summed E-state index contributed by atoms with van der Waals surface area (Å²) in [4.78, 5) is 15.1. The van der Waals surface area contributed by atoms with Gasteiger partial charge in [0.05, 0.1) is 42.1 Å². The summed E-state index contributed by atoms with van der Waals surface area (Å²) in [5.41, 5.74) is 6.49. The van der Waals surface area contributed by atoms with Gasteiger partial charge >= 0.3 is 0 Å². The van der Waals surface area contributed by atoms with Gasteiger partial charge in [0.1, 0.15) is 17.3 Å². The Hall–Kier alpha value is -2.59. The molecule has 2 unspecified atom stereocenters. The fraction of sp³-hybridized carbons (Fsp3) is 0.435. The van der Waals surface area contributed by atoms with Crippen molar-refractivity contribution in [3.63, 3.8) is 0 Å². The van der Waals surface area contributed by atoms with Crippen molar-refractivity contribution in [2.45, 2.75) is 25.0 Å². The number of nitrogens with one attached hydrogen (secondary N) is 1. The van der Waals surface area contributed by atoms with Crippen LogP contribution in [0.4, 0.5) is 10.1 Å². The number of rotatable bonds is 9. The third-order valence-electron chi connectivity index (χ3n) is 5.53. The summed E-state index contributed by atoms with van der Waals surface area (Å²) >= 11 is 6.09. The molecule has 1 heterocycles. The number of amides is 1. The maximum Gasteiger partial charge on any atom is 0.255 e. The Labute approximate surface area is 198 Å². The van der Waals surface area contributed by atoms with Crippen molar-refractivity contribution in [2.75, 3.05) is 46.2 Å². The smallest absolute Gasteiger partial charge is 0.255 e. The second-order valence-corrected chi connectivity index (χ2v) is 8.08. The molecule has 182 valence electrons. The lowest BCUT2D eigenvalue weighted by atomic mass is 10.0. The number of carbonyl (C=O) groups is 1. The van der Waals surface area contributed by atoms with Gasteiger partial charge in [-0.3, -0.25) is 4.79 Å². The number of methoxy groups -OCH3 is 2. The van der Waals surface area contributed by atoms with Gasteiger partial charge in [-0.25, -0.2) is 4.39 Å². The average molecular weight is 484 g/mol. The molecule has 1 aliphatic heterocycles. The molecule has 0 saturated carbocycles. The van der Waals surface area contributed by atoms with Crippen molar-refractivity contribution in [3.8, 4) is 11.5 Å². The Balaban J connectivity index is 0.00000385. The number of piperidine rings is 1. The third kappa shape index (κ3) is 7.20. The van der Waals surface area contributed by atoms with E-state index in [4.69, 9.17) is 31.5 Å². The fourth-order valence-electron chi connectivity index (χ4n) is 3.76. The van der Waals surface area contributed by atoms with Gasteiger partial charge in [-0.15, -0.1) is 0 Å². The molecule has 0 spiro atoms. The Bertz CT molecular complexity index is 916. The van der Waals surface area contributed by atoms with E-state index in [0.717, 1.165) is 25.9 Å². The molecule has 0 bridgehead atoms. The first kappa shape index (κ1) is 26.7. The highest BCUT2D eigenvalue weighted by atomic mass is 35.5. The van der Waals surface area contributed by atoms with Crippen LogP contribution >= 0.6 is 11.6 Å². The minimum atomic E-state index is -0.282. The number of nitrogens with zero attached hydrogens (tertiary/aromatic N) is 1. The Morgan fingerprint density at radius 2 is 2.00 bits per heavy atom. The molecule has 2 aromatic rings. The minimum Gasteiger partial charge on any atom is -0.496 e. The molecule has 0 aliphatic carbocycles. The van der Waals surface area contributed by atoms with Crippen LogP contribution in [-0.2, 0) is 4.74 Å². The highest BCUT2D eigenvalue weighted by molar-refractivity contribution is 6.33. The molecule has 1 amide bonds.